The smallest absolute Gasteiger partial charge is 0.0670 e. The van der Waals surface area contributed by atoms with Gasteiger partial charge in [-0.3, -0.25) is 0 Å². The highest BCUT2D eigenvalue weighted by molar-refractivity contribution is 7.17. The van der Waals surface area contributed by atoms with Crippen LogP contribution in [0.1, 0.15) is 5.56 Å². The van der Waals surface area contributed by atoms with Gasteiger partial charge in [-0.05, 0) is 39.2 Å². The van der Waals surface area contributed by atoms with E-state index < -0.39 is 0 Å². The molecular formula is C14H9NS. The number of fused-ring (bicyclic) bond motifs is 2. The molecule has 0 aliphatic rings. The first-order chi connectivity index (χ1) is 7.88. The Hall–Kier alpha value is -1.85. The molecule has 1 aromatic heterocycles. The zero-order chi connectivity index (χ0) is 11.0. The van der Waals surface area contributed by atoms with Crippen LogP contribution in [-0.4, -0.2) is 0 Å². The van der Waals surface area contributed by atoms with Crippen molar-refractivity contribution < 1.29 is 0 Å². The molecule has 0 fully saturated rings. The summed E-state index contributed by atoms with van der Waals surface area (Å²) in [4.78, 5) is 0. The maximum absolute atomic E-state index is 8.77. The van der Waals surface area contributed by atoms with Crippen molar-refractivity contribution in [1.82, 2.24) is 0 Å². The van der Waals surface area contributed by atoms with Crippen LogP contribution in [-0.2, 0) is 6.42 Å². The summed E-state index contributed by atoms with van der Waals surface area (Å²) in [6.45, 7) is 0. The Morgan fingerprint density at radius 1 is 1.12 bits per heavy atom. The lowest BCUT2D eigenvalue weighted by molar-refractivity contribution is 1.30. The van der Waals surface area contributed by atoms with Crippen molar-refractivity contribution in [2.45, 2.75) is 6.42 Å². The van der Waals surface area contributed by atoms with Crippen LogP contribution in [0.3, 0.4) is 0 Å². The van der Waals surface area contributed by atoms with Crippen LogP contribution in [0.2, 0.25) is 0 Å². The molecule has 3 rings (SSSR count). The number of rotatable bonds is 1. The average Bonchev–Trinajstić information content (AvgIpc) is 2.70. The Labute approximate surface area is 97.6 Å². The molecule has 0 spiro atoms. The molecule has 0 saturated carbocycles. The SMILES string of the molecule is N#CCc1csc2cc3ccccc3cc12. The second-order valence-electron chi connectivity index (χ2n) is 3.79. The van der Waals surface area contributed by atoms with E-state index in [1.807, 2.05) is 6.07 Å². The molecule has 3 aromatic rings. The molecule has 2 heteroatoms. The van der Waals surface area contributed by atoms with E-state index in [0.717, 1.165) is 5.56 Å². The highest BCUT2D eigenvalue weighted by atomic mass is 32.1. The predicted octanol–water partition coefficient (Wildman–Crippen LogP) is 4.12. The third kappa shape index (κ3) is 1.37. The second kappa shape index (κ2) is 3.62. The number of nitrogens with zero attached hydrogens (tertiary/aromatic N) is 1. The summed E-state index contributed by atoms with van der Waals surface area (Å²) in [5, 5.41) is 14.6. The van der Waals surface area contributed by atoms with Crippen molar-refractivity contribution >= 4 is 32.2 Å². The van der Waals surface area contributed by atoms with Gasteiger partial charge in [-0.1, -0.05) is 24.3 Å². The van der Waals surface area contributed by atoms with Crippen LogP contribution in [0.4, 0.5) is 0 Å². The van der Waals surface area contributed by atoms with Gasteiger partial charge in [0.05, 0.1) is 12.5 Å². The van der Waals surface area contributed by atoms with Crippen molar-refractivity contribution in [1.29, 1.82) is 5.26 Å². The van der Waals surface area contributed by atoms with Crippen LogP contribution >= 0.6 is 11.3 Å². The van der Waals surface area contributed by atoms with E-state index in [0.29, 0.717) is 6.42 Å². The molecule has 0 N–H and O–H groups in total. The van der Waals surface area contributed by atoms with Gasteiger partial charge in [-0.15, -0.1) is 11.3 Å². The van der Waals surface area contributed by atoms with Gasteiger partial charge in [-0.2, -0.15) is 5.26 Å². The molecule has 0 atom stereocenters. The molecule has 1 heterocycles. The van der Waals surface area contributed by atoms with Crippen LogP contribution in [0.5, 0.6) is 0 Å². The summed E-state index contributed by atoms with van der Waals surface area (Å²) in [7, 11) is 0. The molecule has 0 aliphatic carbocycles. The molecule has 0 aliphatic heterocycles. The Morgan fingerprint density at radius 3 is 2.62 bits per heavy atom. The monoisotopic (exact) mass is 223 g/mol. The molecule has 2 aromatic carbocycles. The van der Waals surface area contributed by atoms with Crippen molar-refractivity contribution in [3.63, 3.8) is 0 Å². The summed E-state index contributed by atoms with van der Waals surface area (Å²) >= 11 is 1.72. The number of thiophene rings is 1. The molecule has 0 unspecified atom stereocenters. The summed E-state index contributed by atoms with van der Waals surface area (Å²) in [6.07, 6.45) is 0.498. The molecular weight excluding hydrogens is 214 g/mol. The zero-order valence-electron chi connectivity index (χ0n) is 8.60. The van der Waals surface area contributed by atoms with Gasteiger partial charge >= 0.3 is 0 Å². The van der Waals surface area contributed by atoms with Crippen LogP contribution in [0.15, 0.2) is 41.8 Å². The van der Waals surface area contributed by atoms with Crippen LogP contribution in [0, 0.1) is 11.3 Å². The molecule has 16 heavy (non-hydrogen) atoms. The number of nitriles is 1. The van der Waals surface area contributed by atoms with E-state index in [1.54, 1.807) is 11.3 Å². The number of hydrogen-bond acceptors (Lipinski definition) is 2. The standard InChI is InChI=1S/C14H9NS/c15-6-5-12-9-16-14-8-11-4-2-1-3-10(11)7-13(12)14/h1-4,7-9H,5H2. The number of benzene rings is 2. The van der Waals surface area contributed by atoms with Crippen LogP contribution in [0.25, 0.3) is 20.9 Å². The van der Waals surface area contributed by atoms with E-state index in [1.165, 1.54) is 20.9 Å². The van der Waals surface area contributed by atoms with Crippen molar-refractivity contribution in [2.24, 2.45) is 0 Å². The minimum Gasteiger partial charge on any atom is -0.198 e. The first kappa shape index (κ1) is 9.38. The zero-order valence-corrected chi connectivity index (χ0v) is 9.42. The van der Waals surface area contributed by atoms with Gasteiger partial charge in [-0.25, -0.2) is 0 Å². The van der Waals surface area contributed by atoms with E-state index in [4.69, 9.17) is 5.26 Å². The van der Waals surface area contributed by atoms with E-state index >= 15 is 0 Å². The molecule has 0 bridgehead atoms. The van der Waals surface area contributed by atoms with Crippen molar-refractivity contribution in [3.8, 4) is 6.07 Å². The Balaban J connectivity index is 2.37. The second-order valence-corrected chi connectivity index (χ2v) is 4.70. The highest BCUT2D eigenvalue weighted by Crippen LogP contribution is 2.30. The lowest BCUT2D eigenvalue weighted by atomic mass is 10.1. The lowest BCUT2D eigenvalue weighted by Crippen LogP contribution is -1.78. The predicted molar refractivity (Wildman–Crippen MR) is 68.6 cm³/mol. The molecule has 76 valence electrons. The maximum atomic E-state index is 8.77. The van der Waals surface area contributed by atoms with Gasteiger partial charge in [0.1, 0.15) is 0 Å². The van der Waals surface area contributed by atoms with Gasteiger partial charge in [0, 0.05) is 4.70 Å². The minimum atomic E-state index is 0.498. The maximum Gasteiger partial charge on any atom is 0.0670 e. The Morgan fingerprint density at radius 2 is 1.88 bits per heavy atom. The fourth-order valence-electron chi connectivity index (χ4n) is 1.99. The van der Waals surface area contributed by atoms with E-state index in [2.05, 4.69) is 41.8 Å². The summed E-state index contributed by atoms with van der Waals surface area (Å²) < 4.78 is 1.27. The van der Waals surface area contributed by atoms with Gasteiger partial charge in [0.15, 0.2) is 0 Å². The van der Waals surface area contributed by atoms with Crippen molar-refractivity contribution in [3.05, 3.63) is 47.3 Å². The lowest BCUT2D eigenvalue weighted by Gasteiger charge is -1.98. The summed E-state index contributed by atoms with van der Waals surface area (Å²) in [5.41, 5.74) is 1.15. The summed E-state index contributed by atoms with van der Waals surface area (Å²) in [5.74, 6) is 0. The fraction of sp³-hybridized carbons (Fsp3) is 0.0714. The summed E-state index contributed by atoms with van der Waals surface area (Å²) in [6, 6.07) is 14.9. The molecule has 1 nitrogen and oxygen atoms in total. The van der Waals surface area contributed by atoms with E-state index in [9.17, 15) is 0 Å². The first-order valence-electron chi connectivity index (χ1n) is 5.14. The molecule has 0 saturated heterocycles. The average molecular weight is 223 g/mol. The van der Waals surface area contributed by atoms with Gasteiger partial charge < -0.3 is 0 Å². The first-order valence-corrected chi connectivity index (χ1v) is 6.02. The van der Waals surface area contributed by atoms with E-state index in [-0.39, 0.29) is 0 Å². The topological polar surface area (TPSA) is 23.8 Å². The third-order valence-electron chi connectivity index (χ3n) is 2.79. The largest absolute Gasteiger partial charge is 0.198 e. The van der Waals surface area contributed by atoms with Crippen molar-refractivity contribution in [2.75, 3.05) is 0 Å². The third-order valence-corrected chi connectivity index (χ3v) is 3.79. The Kier molecular flexibility index (Phi) is 2.12. The van der Waals surface area contributed by atoms with Crippen LogP contribution < -0.4 is 0 Å². The van der Waals surface area contributed by atoms with Gasteiger partial charge in [0.25, 0.3) is 0 Å². The Bertz CT molecular complexity index is 703. The number of hydrogen-bond donors (Lipinski definition) is 0. The quantitative estimate of drug-likeness (QED) is 0.608. The molecule has 0 radical (unpaired) electrons. The normalized spacial score (nSPS) is 10.7. The molecule has 0 amide bonds. The fourth-order valence-corrected chi connectivity index (χ4v) is 2.98. The van der Waals surface area contributed by atoms with Gasteiger partial charge in [0.2, 0.25) is 0 Å². The highest BCUT2D eigenvalue weighted by Gasteiger charge is 2.04. The minimum absolute atomic E-state index is 0.498.